The molecule has 0 amide bonds. The number of aromatic nitrogens is 2. The average molecular weight is 309 g/mol. The van der Waals surface area contributed by atoms with Gasteiger partial charge in [-0.25, -0.2) is 0 Å². The van der Waals surface area contributed by atoms with Gasteiger partial charge >= 0.3 is 0 Å². The summed E-state index contributed by atoms with van der Waals surface area (Å²) in [6.45, 7) is 7.94. The first kappa shape index (κ1) is 12.6. The quantitative estimate of drug-likeness (QED) is 0.728. The van der Waals surface area contributed by atoms with Gasteiger partial charge in [0.25, 0.3) is 0 Å². The molecule has 0 radical (unpaired) electrons. The number of hydrogen-bond acceptors (Lipinski definition) is 1. The molecule has 58 valence electrons. The minimum atomic E-state index is 0. The molecule has 0 aromatic carbocycles. The molecule has 0 atom stereocenters. The van der Waals surface area contributed by atoms with Gasteiger partial charge in [0.15, 0.2) is 0 Å². The van der Waals surface area contributed by atoms with Crippen LogP contribution in [0.25, 0.3) is 0 Å². The number of nitrogens with zero attached hydrogens (tertiary/aromatic N) is 1. The third kappa shape index (κ3) is 3.84. The zero-order valence-corrected chi connectivity index (χ0v) is 9.79. The van der Waals surface area contributed by atoms with Crippen molar-refractivity contribution in [2.24, 2.45) is 0 Å². The molecular formula is C7H13N2W-. The van der Waals surface area contributed by atoms with Crippen LogP contribution in [0.1, 0.15) is 25.1 Å². The van der Waals surface area contributed by atoms with Gasteiger partial charge in [0.2, 0.25) is 0 Å². The molecule has 2 nitrogen and oxygen atoms in total. The summed E-state index contributed by atoms with van der Waals surface area (Å²) < 4.78 is 0. The predicted octanol–water partition coefficient (Wildman–Crippen LogP) is 1.85. The van der Waals surface area contributed by atoms with Crippen molar-refractivity contribution in [3.05, 3.63) is 17.5 Å². The summed E-state index contributed by atoms with van der Waals surface area (Å²) >= 11 is 0. The van der Waals surface area contributed by atoms with E-state index < -0.39 is 0 Å². The number of rotatable bonds is 0. The molecule has 1 aromatic rings. The number of H-pyrrole nitrogens is 1. The minimum Gasteiger partial charge on any atom is -0.379 e. The van der Waals surface area contributed by atoms with Crippen molar-refractivity contribution < 1.29 is 21.1 Å². The van der Waals surface area contributed by atoms with Crippen molar-refractivity contribution in [3.8, 4) is 0 Å². The second kappa shape index (κ2) is 7.01. The fourth-order valence-electron chi connectivity index (χ4n) is 0.363. The van der Waals surface area contributed by atoms with Crippen LogP contribution in [0.2, 0.25) is 0 Å². The molecule has 1 heterocycles. The van der Waals surface area contributed by atoms with Crippen LogP contribution in [-0.2, 0) is 21.1 Å². The van der Waals surface area contributed by atoms with E-state index in [1.165, 1.54) is 0 Å². The molecule has 1 rings (SSSR count). The first-order chi connectivity index (χ1) is 4.30. The zero-order chi connectivity index (χ0) is 7.28. The van der Waals surface area contributed by atoms with Crippen molar-refractivity contribution >= 4 is 0 Å². The van der Waals surface area contributed by atoms with Crippen molar-refractivity contribution in [2.45, 2.75) is 27.7 Å². The molecule has 1 aromatic heterocycles. The molecule has 0 saturated heterocycles. The standard InChI is InChI=1S/C5H7N2.C2H6.W/c1-4-3-6-7-5(4)2;1-2;/h1-2H3,(H,6,7);1-2H3;/q-1;;. The van der Waals surface area contributed by atoms with E-state index in [0.717, 1.165) is 11.3 Å². The van der Waals surface area contributed by atoms with E-state index >= 15 is 0 Å². The third-order valence-corrected chi connectivity index (χ3v) is 1.01. The summed E-state index contributed by atoms with van der Waals surface area (Å²) in [5, 5.41) is 6.43. The smallest absolute Gasteiger partial charge is 0 e. The van der Waals surface area contributed by atoms with Gasteiger partial charge in [-0.1, -0.05) is 27.7 Å². The van der Waals surface area contributed by atoms with Crippen LogP contribution in [0.4, 0.5) is 0 Å². The largest absolute Gasteiger partial charge is 0.379 e. The van der Waals surface area contributed by atoms with Crippen molar-refractivity contribution in [2.75, 3.05) is 0 Å². The van der Waals surface area contributed by atoms with Crippen LogP contribution in [0.15, 0.2) is 0 Å². The SMILES string of the molecule is CC.Cc1[c-]n[nH]c1C.[W]. The maximum absolute atomic E-state index is 3.67. The van der Waals surface area contributed by atoms with E-state index in [1.54, 1.807) is 0 Å². The van der Waals surface area contributed by atoms with Crippen LogP contribution in [0, 0.1) is 20.0 Å². The number of aryl methyl sites for hydroxylation is 2. The fraction of sp³-hybridized carbons (Fsp3) is 0.571. The van der Waals surface area contributed by atoms with E-state index in [1.807, 2.05) is 27.7 Å². The molecule has 0 spiro atoms. The summed E-state index contributed by atoms with van der Waals surface area (Å²) in [6, 6.07) is 0. The van der Waals surface area contributed by atoms with Gasteiger partial charge in [0, 0.05) is 21.1 Å². The van der Waals surface area contributed by atoms with Gasteiger partial charge in [-0.3, -0.25) is 0 Å². The van der Waals surface area contributed by atoms with Crippen molar-refractivity contribution in [1.29, 1.82) is 0 Å². The van der Waals surface area contributed by atoms with Crippen LogP contribution in [0.5, 0.6) is 0 Å². The second-order valence-corrected chi connectivity index (χ2v) is 1.59. The predicted molar refractivity (Wildman–Crippen MR) is 38.2 cm³/mol. The molecular weight excluding hydrogens is 296 g/mol. The Balaban J connectivity index is 0. The van der Waals surface area contributed by atoms with Crippen molar-refractivity contribution in [1.82, 2.24) is 10.2 Å². The number of aromatic amines is 1. The zero-order valence-electron chi connectivity index (χ0n) is 6.86. The van der Waals surface area contributed by atoms with Crippen LogP contribution >= 0.6 is 0 Å². The third-order valence-electron chi connectivity index (χ3n) is 1.01. The Morgan fingerprint density at radius 2 is 1.80 bits per heavy atom. The van der Waals surface area contributed by atoms with Crippen molar-refractivity contribution in [3.63, 3.8) is 0 Å². The molecule has 0 aliphatic rings. The first-order valence-electron chi connectivity index (χ1n) is 3.20. The summed E-state index contributed by atoms with van der Waals surface area (Å²) in [7, 11) is 0. The van der Waals surface area contributed by atoms with E-state index in [0.29, 0.717) is 0 Å². The molecule has 1 N–H and O–H groups in total. The Morgan fingerprint density at radius 1 is 1.30 bits per heavy atom. The number of nitrogens with one attached hydrogen (secondary N) is 1. The summed E-state index contributed by atoms with van der Waals surface area (Å²) in [5.74, 6) is 0. The van der Waals surface area contributed by atoms with Crippen LogP contribution in [0.3, 0.4) is 0 Å². The van der Waals surface area contributed by atoms with Gasteiger partial charge in [0.1, 0.15) is 0 Å². The average Bonchev–Trinajstić information content (AvgIpc) is 2.23. The Hall–Kier alpha value is -0.102. The van der Waals surface area contributed by atoms with Gasteiger partial charge in [0.05, 0.1) is 0 Å². The summed E-state index contributed by atoms with van der Waals surface area (Å²) in [6.07, 6.45) is 2.76. The van der Waals surface area contributed by atoms with E-state index in [-0.39, 0.29) is 21.1 Å². The van der Waals surface area contributed by atoms with E-state index in [4.69, 9.17) is 0 Å². The Bertz CT molecular complexity index is 144. The fourth-order valence-corrected chi connectivity index (χ4v) is 0.363. The molecule has 0 aliphatic heterocycles. The molecule has 0 saturated carbocycles. The van der Waals surface area contributed by atoms with Crippen LogP contribution < -0.4 is 0 Å². The van der Waals surface area contributed by atoms with Gasteiger partial charge in [-0.05, 0) is 0 Å². The van der Waals surface area contributed by atoms with Gasteiger partial charge in [-0.2, -0.15) is 5.56 Å². The Morgan fingerprint density at radius 3 is 1.90 bits per heavy atom. The minimum absolute atomic E-state index is 0. The Kier molecular flexibility index (Phi) is 8.81. The van der Waals surface area contributed by atoms with Gasteiger partial charge in [-0.15, -0.1) is 11.9 Å². The van der Waals surface area contributed by atoms with E-state index in [2.05, 4.69) is 16.4 Å². The van der Waals surface area contributed by atoms with Crippen LogP contribution in [-0.4, -0.2) is 10.2 Å². The first-order valence-corrected chi connectivity index (χ1v) is 3.20. The van der Waals surface area contributed by atoms with Gasteiger partial charge < -0.3 is 10.2 Å². The second-order valence-electron chi connectivity index (χ2n) is 1.59. The molecule has 3 heteroatoms. The normalized spacial score (nSPS) is 7.20. The van der Waals surface area contributed by atoms with E-state index in [9.17, 15) is 0 Å². The Labute approximate surface area is 76.7 Å². The molecule has 0 aliphatic carbocycles. The monoisotopic (exact) mass is 309 g/mol. The topological polar surface area (TPSA) is 28.7 Å². The molecule has 0 bridgehead atoms. The molecule has 0 fully saturated rings. The maximum atomic E-state index is 3.67. The maximum Gasteiger partial charge on any atom is 0 e. The summed E-state index contributed by atoms with van der Waals surface area (Å²) in [5.41, 5.74) is 2.19. The molecule has 0 unspecified atom stereocenters. The summed E-state index contributed by atoms with van der Waals surface area (Å²) in [4.78, 5) is 0. The molecule has 10 heavy (non-hydrogen) atoms. The number of hydrogen-bond donors (Lipinski definition) is 1.